The number of nitrogens with one attached hydrogen (secondary N) is 1. The SMILES string of the molecule is COC1CCN(c2ncnc3c2c2ccc(S(=O)(=O)NC4(C#N)CC4)cc2n3-c2nnc(C(F)F)s2)CC1F. The lowest BCUT2D eigenvalue weighted by atomic mass is 10.1. The van der Waals surface area contributed by atoms with Crippen LogP contribution in [0, 0.1) is 11.3 Å². The van der Waals surface area contributed by atoms with Crippen molar-refractivity contribution in [2.75, 3.05) is 25.1 Å². The number of halogens is 3. The van der Waals surface area contributed by atoms with Crippen LogP contribution >= 0.6 is 11.3 Å². The van der Waals surface area contributed by atoms with E-state index < -0.39 is 39.3 Å². The van der Waals surface area contributed by atoms with Gasteiger partial charge in [-0.1, -0.05) is 17.4 Å². The Morgan fingerprint density at radius 2 is 2.08 bits per heavy atom. The zero-order valence-corrected chi connectivity index (χ0v) is 22.0. The van der Waals surface area contributed by atoms with E-state index in [0.29, 0.717) is 59.3 Å². The maximum Gasteiger partial charge on any atom is 0.291 e. The lowest BCUT2D eigenvalue weighted by Gasteiger charge is -2.34. The maximum atomic E-state index is 14.8. The Hall–Kier alpha value is -3.39. The first kappa shape index (κ1) is 25.9. The van der Waals surface area contributed by atoms with Crippen molar-refractivity contribution >= 4 is 49.1 Å². The monoisotopic (exact) mass is 578 g/mol. The largest absolute Gasteiger partial charge is 0.378 e. The van der Waals surface area contributed by atoms with E-state index in [9.17, 15) is 26.9 Å². The molecule has 6 rings (SSSR count). The molecule has 16 heteroatoms. The Balaban J connectivity index is 1.55. The van der Waals surface area contributed by atoms with E-state index in [4.69, 9.17) is 4.74 Å². The molecule has 1 aliphatic heterocycles. The summed E-state index contributed by atoms with van der Waals surface area (Å²) < 4.78 is 77.0. The number of nitriles is 1. The number of nitrogens with zero attached hydrogens (tertiary/aromatic N) is 7. The number of sulfonamides is 1. The summed E-state index contributed by atoms with van der Waals surface area (Å²) in [5.74, 6) is 0.412. The zero-order valence-electron chi connectivity index (χ0n) is 20.4. The number of hydrogen-bond acceptors (Lipinski definition) is 10. The van der Waals surface area contributed by atoms with Gasteiger partial charge in [0.15, 0.2) is 10.7 Å². The Kier molecular flexibility index (Phi) is 6.21. The maximum absolute atomic E-state index is 14.8. The average molecular weight is 579 g/mol. The van der Waals surface area contributed by atoms with Crippen molar-refractivity contribution in [3.05, 3.63) is 29.5 Å². The minimum absolute atomic E-state index is 0.0122. The first-order valence-corrected chi connectivity index (χ1v) is 14.2. The third-order valence-corrected chi connectivity index (χ3v) is 9.44. The predicted octanol–water partition coefficient (Wildman–Crippen LogP) is 3.26. The fourth-order valence-corrected chi connectivity index (χ4v) is 6.94. The van der Waals surface area contributed by atoms with Gasteiger partial charge in [0.2, 0.25) is 15.2 Å². The Bertz CT molecular complexity index is 1730. The minimum Gasteiger partial charge on any atom is -0.378 e. The van der Waals surface area contributed by atoms with Crippen LogP contribution in [0.15, 0.2) is 29.4 Å². The summed E-state index contributed by atoms with van der Waals surface area (Å²) >= 11 is 0.643. The van der Waals surface area contributed by atoms with Crippen LogP contribution in [-0.4, -0.2) is 71.2 Å². The second-order valence-electron chi connectivity index (χ2n) is 9.46. The van der Waals surface area contributed by atoms with Crippen molar-refractivity contribution in [3.63, 3.8) is 0 Å². The summed E-state index contributed by atoms with van der Waals surface area (Å²) in [6.45, 7) is 0.455. The first-order valence-electron chi connectivity index (χ1n) is 11.9. The summed E-state index contributed by atoms with van der Waals surface area (Å²) in [5, 5.41) is 17.4. The van der Waals surface area contributed by atoms with Crippen LogP contribution in [0.4, 0.5) is 19.0 Å². The third kappa shape index (κ3) is 4.39. The van der Waals surface area contributed by atoms with Crippen LogP contribution in [0.2, 0.25) is 0 Å². The van der Waals surface area contributed by atoms with Gasteiger partial charge in [-0.2, -0.15) is 9.98 Å². The van der Waals surface area contributed by atoms with Gasteiger partial charge in [-0.15, -0.1) is 10.2 Å². The number of hydrogen-bond donors (Lipinski definition) is 1. The van der Waals surface area contributed by atoms with Crippen LogP contribution in [0.1, 0.15) is 30.7 Å². The number of alkyl halides is 3. The van der Waals surface area contributed by atoms with E-state index in [1.165, 1.54) is 30.1 Å². The van der Waals surface area contributed by atoms with Crippen molar-refractivity contribution in [1.29, 1.82) is 5.26 Å². The molecule has 39 heavy (non-hydrogen) atoms. The molecule has 1 aromatic carbocycles. The fraction of sp³-hybridized carbons (Fsp3) is 0.435. The fourth-order valence-electron chi connectivity index (χ4n) is 4.82. The number of aromatic nitrogens is 5. The van der Waals surface area contributed by atoms with E-state index in [1.54, 1.807) is 11.0 Å². The van der Waals surface area contributed by atoms with Crippen LogP contribution in [0.5, 0.6) is 0 Å². The summed E-state index contributed by atoms with van der Waals surface area (Å²) in [6.07, 6.45) is -2.15. The molecule has 4 heterocycles. The quantitative estimate of drug-likeness (QED) is 0.350. The molecule has 3 aromatic heterocycles. The second kappa shape index (κ2) is 9.37. The molecule has 2 atom stereocenters. The molecule has 4 aromatic rings. The highest BCUT2D eigenvalue weighted by Crippen LogP contribution is 2.40. The van der Waals surface area contributed by atoms with Gasteiger partial charge in [-0.05, 0) is 31.4 Å². The number of fused-ring (bicyclic) bond motifs is 3. The molecule has 0 radical (unpaired) electrons. The van der Waals surface area contributed by atoms with Gasteiger partial charge in [0.25, 0.3) is 6.43 Å². The van der Waals surface area contributed by atoms with Gasteiger partial charge in [-0.3, -0.25) is 4.57 Å². The molecule has 11 nitrogen and oxygen atoms in total. The molecule has 2 unspecified atom stereocenters. The minimum atomic E-state index is -4.10. The number of anilines is 1. The van der Waals surface area contributed by atoms with Gasteiger partial charge in [-0.25, -0.2) is 31.6 Å². The molecule has 204 valence electrons. The normalized spacial score (nSPS) is 21.1. The Morgan fingerprint density at radius 1 is 1.28 bits per heavy atom. The van der Waals surface area contributed by atoms with E-state index in [-0.39, 0.29) is 22.2 Å². The summed E-state index contributed by atoms with van der Waals surface area (Å²) in [4.78, 5) is 10.4. The molecule has 1 aliphatic carbocycles. The van der Waals surface area contributed by atoms with Crippen LogP contribution < -0.4 is 9.62 Å². The molecule has 1 N–H and O–H groups in total. The molecular formula is C23H21F3N8O3S2. The van der Waals surface area contributed by atoms with Crippen molar-refractivity contribution in [1.82, 2.24) is 29.5 Å². The Labute approximate surface area is 224 Å². The summed E-state index contributed by atoms with van der Waals surface area (Å²) in [6, 6.07) is 6.31. The van der Waals surface area contributed by atoms with E-state index in [0.717, 1.165) is 0 Å². The van der Waals surface area contributed by atoms with E-state index in [1.807, 2.05) is 6.07 Å². The van der Waals surface area contributed by atoms with Gasteiger partial charge >= 0.3 is 0 Å². The molecular weight excluding hydrogens is 557 g/mol. The second-order valence-corrected chi connectivity index (χ2v) is 12.1. The van der Waals surface area contributed by atoms with Crippen molar-refractivity contribution in [3.8, 4) is 11.2 Å². The lowest BCUT2D eigenvalue weighted by molar-refractivity contribution is 0.0196. The number of rotatable bonds is 7. The highest BCUT2D eigenvalue weighted by molar-refractivity contribution is 7.89. The predicted molar refractivity (Wildman–Crippen MR) is 135 cm³/mol. The summed E-state index contributed by atoms with van der Waals surface area (Å²) in [5.41, 5.74) is -0.562. The summed E-state index contributed by atoms with van der Waals surface area (Å²) in [7, 11) is -2.64. The van der Waals surface area contributed by atoms with E-state index >= 15 is 0 Å². The highest BCUT2D eigenvalue weighted by Gasteiger charge is 2.47. The van der Waals surface area contributed by atoms with Gasteiger partial charge < -0.3 is 9.64 Å². The van der Waals surface area contributed by atoms with Crippen LogP contribution in [0.25, 0.3) is 27.1 Å². The van der Waals surface area contributed by atoms with Gasteiger partial charge in [0.1, 0.15) is 23.9 Å². The molecule has 1 saturated heterocycles. The van der Waals surface area contributed by atoms with Crippen molar-refractivity contribution in [2.45, 2.75) is 48.4 Å². The Morgan fingerprint density at radius 3 is 2.72 bits per heavy atom. The smallest absolute Gasteiger partial charge is 0.291 e. The zero-order chi connectivity index (χ0) is 27.5. The van der Waals surface area contributed by atoms with Crippen LogP contribution in [-0.2, 0) is 14.8 Å². The van der Waals surface area contributed by atoms with Gasteiger partial charge in [0, 0.05) is 19.0 Å². The lowest BCUT2D eigenvalue weighted by Crippen LogP contribution is -2.45. The average Bonchev–Trinajstić information content (AvgIpc) is 3.36. The van der Waals surface area contributed by atoms with Gasteiger partial charge in [0.05, 0.1) is 34.5 Å². The molecule has 2 aliphatic rings. The highest BCUT2D eigenvalue weighted by atomic mass is 32.2. The number of ether oxygens (including phenoxy) is 1. The number of piperidine rings is 1. The topological polar surface area (TPSA) is 139 Å². The molecule has 0 bridgehead atoms. The van der Waals surface area contributed by atoms with Crippen LogP contribution in [0.3, 0.4) is 0 Å². The molecule has 0 amide bonds. The standard InChI is InChI=1S/C23H21F3N8O3S2/c1-37-16-4-7-33(9-14(16)24)19-17-13-3-2-12(39(35,36)32-23(10-27)5-6-23)8-15(13)34(20(17)29-11-28-19)22-31-30-21(38-22)18(25)26/h2-3,8,11,14,16,18,32H,4-7,9H2,1H3. The molecule has 2 fully saturated rings. The number of benzene rings is 1. The number of methoxy groups -OCH3 is 1. The van der Waals surface area contributed by atoms with E-state index in [2.05, 4.69) is 24.9 Å². The molecule has 0 spiro atoms. The van der Waals surface area contributed by atoms with Crippen molar-refractivity contribution in [2.24, 2.45) is 0 Å². The van der Waals surface area contributed by atoms with Crippen molar-refractivity contribution < 1.29 is 26.3 Å². The molecule has 1 saturated carbocycles. The third-order valence-electron chi connectivity index (χ3n) is 6.99. The first-order chi connectivity index (χ1) is 18.7.